The fraction of sp³-hybridized carbons (Fsp3) is 0.462. The Labute approximate surface area is 208 Å². The monoisotopic (exact) mass is 483 g/mol. The normalized spacial score (nSPS) is 15.1. The van der Waals surface area contributed by atoms with Crippen LogP contribution in [-0.2, 0) is 19.1 Å². The van der Waals surface area contributed by atoms with Crippen molar-refractivity contribution in [1.82, 2.24) is 15.5 Å². The van der Waals surface area contributed by atoms with E-state index in [1.807, 2.05) is 20.2 Å². The van der Waals surface area contributed by atoms with Crippen LogP contribution in [0.25, 0.3) is 0 Å². The lowest BCUT2D eigenvalue weighted by Gasteiger charge is -2.40. The Morgan fingerprint density at radius 1 is 0.857 bits per heavy atom. The van der Waals surface area contributed by atoms with Crippen LogP contribution in [0.5, 0.6) is 0 Å². The third-order valence-corrected chi connectivity index (χ3v) is 6.29. The third-order valence-electron chi connectivity index (χ3n) is 6.29. The molecule has 9 heteroatoms. The van der Waals surface area contributed by atoms with E-state index >= 15 is 0 Å². The molecule has 2 amide bonds. The number of benzene rings is 2. The van der Waals surface area contributed by atoms with Gasteiger partial charge in [-0.05, 0) is 29.8 Å². The topological polar surface area (TPSA) is 86.4 Å². The standard InChI is InChI=1S/C26H37N5O4/c1-29(2)21-12-10-20(11-13-21)23(18-27-25(32)26(33)28-19-24(34-3)35-4)31-16-14-30(15-17-31)22-8-6-5-7-9-22/h5-13,23-24H,14-19H2,1-4H3,(H,27,32)(H,28,33). The van der Waals surface area contributed by atoms with Gasteiger partial charge in [-0.2, -0.15) is 0 Å². The molecule has 0 spiro atoms. The fourth-order valence-electron chi connectivity index (χ4n) is 4.17. The van der Waals surface area contributed by atoms with Crippen molar-refractivity contribution in [2.45, 2.75) is 12.3 Å². The first-order chi connectivity index (χ1) is 16.9. The summed E-state index contributed by atoms with van der Waals surface area (Å²) in [4.78, 5) is 31.6. The number of anilines is 2. The molecule has 0 saturated carbocycles. The molecule has 0 bridgehead atoms. The van der Waals surface area contributed by atoms with E-state index in [9.17, 15) is 9.59 Å². The molecule has 9 nitrogen and oxygen atoms in total. The fourth-order valence-corrected chi connectivity index (χ4v) is 4.17. The van der Waals surface area contributed by atoms with Crippen LogP contribution in [-0.4, -0.2) is 90.6 Å². The minimum absolute atomic E-state index is 0.0495. The Kier molecular flexibility index (Phi) is 9.89. The lowest BCUT2D eigenvalue weighted by Crippen LogP contribution is -2.51. The molecular formula is C26H37N5O4. The van der Waals surface area contributed by atoms with E-state index in [1.54, 1.807) is 0 Å². The maximum absolute atomic E-state index is 12.5. The highest BCUT2D eigenvalue weighted by Crippen LogP contribution is 2.25. The molecule has 0 radical (unpaired) electrons. The van der Waals surface area contributed by atoms with Gasteiger partial charge in [-0.3, -0.25) is 14.5 Å². The number of nitrogens with one attached hydrogen (secondary N) is 2. The van der Waals surface area contributed by atoms with Gasteiger partial charge < -0.3 is 29.9 Å². The molecule has 1 fully saturated rings. The van der Waals surface area contributed by atoms with Crippen LogP contribution in [0.3, 0.4) is 0 Å². The summed E-state index contributed by atoms with van der Waals surface area (Å²) in [5.74, 6) is -1.38. The number of nitrogens with zero attached hydrogens (tertiary/aromatic N) is 3. The summed E-state index contributed by atoms with van der Waals surface area (Å²) < 4.78 is 10.1. The maximum Gasteiger partial charge on any atom is 0.309 e. The Hall–Kier alpha value is -3.14. The van der Waals surface area contributed by atoms with E-state index in [0.717, 1.165) is 37.4 Å². The summed E-state index contributed by atoms with van der Waals surface area (Å²) in [5.41, 5.74) is 3.42. The first kappa shape index (κ1) is 26.5. The molecule has 0 aliphatic carbocycles. The highest BCUT2D eigenvalue weighted by atomic mass is 16.7. The predicted molar refractivity (Wildman–Crippen MR) is 138 cm³/mol. The number of rotatable bonds is 10. The summed E-state index contributed by atoms with van der Waals surface area (Å²) in [7, 11) is 6.96. The average Bonchev–Trinajstić information content (AvgIpc) is 2.90. The molecule has 1 atom stereocenters. The summed E-state index contributed by atoms with van der Waals surface area (Å²) in [5, 5.41) is 5.36. The number of piperazine rings is 1. The quantitative estimate of drug-likeness (QED) is 0.391. The molecular weight excluding hydrogens is 446 g/mol. The average molecular weight is 484 g/mol. The van der Waals surface area contributed by atoms with Crippen molar-refractivity contribution in [1.29, 1.82) is 0 Å². The molecule has 0 aromatic heterocycles. The number of methoxy groups -OCH3 is 2. The Morgan fingerprint density at radius 2 is 1.43 bits per heavy atom. The number of amides is 2. The van der Waals surface area contributed by atoms with Crippen molar-refractivity contribution in [3.05, 3.63) is 60.2 Å². The molecule has 3 rings (SSSR count). The first-order valence-electron chi connectivity index (χ1n) is 11.9. The second-order valence-corrected chi connectivity index (χ2v) is 8.68. The number of carbonyl (C=O) groups is 2. The van der Waals surface area contributed by atoms with Crippen molar-refractivity contribution in [2.75, 3.05) is 77.4 Å². The van der Waals surface area contributed by atoms with E-state index in [1.165, 1.54) is 19.9 Å². The van der Waals surface area contributed by atoms with Crippen LogP contribution in [0, 0.1) is 0 Å². The number of ether oxygens (including phenoxy) is 2. The van der Waals surface area contributed by atoms with Crippen molar-refractivity contribution < 1.29 is 19.1 Å². The van der Waals surface area contributed by atoms with E-state index in [0.29, 0.717) is 6.54 Å². The van der Waals surface area contributed by atoms with Crippen LogP contribution < -0.4 is 20.4 Å². The molecule has 190 valence electrons. The molecule has 1 aliphatic rings. The van der Waals surface area contributed by atoms with Crippen molar-refractivity contribution in [3.63, 3.8) is 0 Å². The van der Waals surface area contributed by atoms with Gasteiger partial charge in [0.2, 0.25) is 0 Å². The van der Waals surface area contributed by atoms with Gasteiger partial charge in [0.15, 0.2) is 6.29 Å². The summed E-state index contributed by atoms with van der Waals surface area (Å²) in [6, 6.07) is 18.7. The van der Waals surface area contributed by atoms with Crippen LogP contribution >= 0.6 is 0 Å². The molecule has 1 unspecified atom stereocenters. The van der Waals surface area contributed by atoms with Gasteiger partial charge in [-0.1, -0.05) is 30.3 Å². The smallest absolute Gasteiger partial charge is 0.309 e. The highest BCUT2D eigenvalue weighted by molar-refractivity contribution is 6.35. The number of carbonyl (C=O) groups excluding carboxylic acids is 2. The zero-order chi connectivity index (χ0) is 25.2. The Morgan fingerprint density at radius 3 is 1.97 bits per heavy atom. The van der Waals surface area contributed by atoms with Gasteiger partial charge in [0.05, 0.1) is 12.6 Å². The van der Waals surface area contributed by atoms with E-state index < -0.39 is 18.1 Å². The van der Waals surface area contributed by atoms with Gasteiger partial charge in [-0.25, -0.2) is 0 Å². The third kappa shape index (κ3) is 7.42. The van der Waals surface area contributed by atoms with Crippen molar-refractivity contribution in [2.24, 2.45) is 0 Å². The summed E-state index contributed by atoms with van der Waals surface area (Å²) in [6.45, 7) is 3.90. The second kappa shape index (κ2) is 13.1. The highest BCUT2D eigenvalue weighted by Gasteiger charge is 2.27. The van der Waals surface area contributed by atoms with Gasteiger partial charge in [0, 0.05) is 72.4 Å². The summed E-state index contributed by atoms with van der Waals surface area (Å²) in [6.07, 6.45) is -0.601. The first-order valence-corrected chi connectivity index (χ1v) is 11.9. The number of hydrogen-bond acceptors (Lipinski definition) is 7. The van der Waals surface area contributed by atoms with Crippen LogP contribution in [0.15, 0.2) is 54.6 Å². The Balaban J connectivity index is 1.65. The van der Waals surface area contributed by atoms with Gasteiger partial charge >= 0.3 is 11.8 Å². The molecule has 1 aliphatic heterocycles. The SMILES string of the molecule is COC(CNC(=O)C(=O)NCC(c1ccc(N(C)C)cc1)N1CCN(c2ccccc2)CC1)OC. The van der Waals surface area contributed by atoms with Crippen LogP contribution in [0.4, 0.5) is 11.4 Å². The van der Waals surface area contributed by atoms with E-state index in [-0.39, 0.29) is 12.6 Å². The predicted octanol–water partition coefficient (Wildman–Crippen LogP) is 1.47. The minimum Gasteiger partial charge on any atom is -0.378 e. The molecule has 1 saturated heterocycles. The van der Waals surface area contributed by atoms with Crippen LogP contribution in [0.1, 0.15) is 11.6 Å². The van der Waals surface area contributed by atoms with Gasteiger partial charge in [0.25, 0.3) is 0 Å². The van der Waals surface area contributed by atoms with Crippen LogP contribution in [0.2, 0.25) is 0 Å². The molecule has 1 heterocycles. The number of hydrogen-bond donors (Lipinski definition) is 2. The van der Waals surface area contributed by atoms with Gasteiger partial charge in [-0.15, -0.1) is 0 Å². The van der Waals surface area contributed by atoms with Crippen molar-refractivity contribution >= 4 is 23.2 Å². The number of para-hydroxylation sites is 1. The zero-order valence-electron chi connectivity index (χ0n) is 21.1. The Bertz CT molecular complexity index is 927. The lowest BCUT2D eigenvalue weighted by molar-refractivity contribution is -0.141. The van der Waals surface area contributed by atoms with E-state index in [2.05, 4.69) is 73.9 Å². The van der Waals surface area contributed by atoms with E-state index in [4.69, 9.17) is 9.47 Å². The molecule has 2 aromatic carbocycles. The molecule has 2 aromatic rings. The van der Waals surface area contributed by atoms with Gasteiger partial charge in [0.1, 0.15) is 0 Å². The largest absolute Gasteiger partial charge is 0.378 e. The minimum atomic E-state index is -0.709. The molecule has 2 N–H and O–H groups in total. The van der Waals surface area contributed by atoms with Crippen molar-refractivity contribution in [3.8, 4) is 0 Å². The lowest BCUT2D eigenvalue weighted by atomic mass is 10.0. The maximum atomic E-state index is 12.5. The zero-order valence-corrected chi connectivity index (χ0v) is 21.1. The molecule has 35 heavy (non-hydrogen) atoms. The second-order valence-electron chi connectivity index (χ2n) is 8.68. The summed E-state index contributed by atoms with van der Waals surface area (Å²) >= 11 is 0.